The SMILES string of the molecule is CCCC(C#N)N1CCN(c2cc(C)ncn2)CC1. The van der Waals surface area contributed by atoms with Crippen molar-refractivity contribution in [2.24, 2.45) is 0 Å². The minimum Gasteiger partial charge on any atom is -0.354 e. The molecule has 1 unspecified atom stereocenters. The predicted octanol–water partition coefficient (Wildman–Crippen LogP) is 1.60. The average Bonchev–Trinajstić information content (AvgIpc) is 2.45. The molecular formula is C14H21N5. The number of nitrogens with zero attached hydrogens (tertiary/aromatic N) is 5. The second kappa shape index (κ2) is 6.48. The van der Waals surface area contributed by atoms with E-state index in [1.165, 1.54) is 0 Å². The molecule has 1 aromatic rings. The third-order valence-electron chi connectivity index (χ3n) is 3.58. The molecule has 0 aromatic carbocycles. The van der Waals surface area contributed by atoms with Crippen molar-refractivity contribution in [1.82, 2.24) is 14.9 Å². The van der Waals surface area contributed by atoms with E-state index in [9.17, 15) is 5.26 Å². The van der Waals surface area contributed by atoms with Crippen LogP contribution < -0.4 is 4.90 Å². The highest BCUT2D eigenvalue weighted by Gasteiger charge is 2.23. The average molecular weight is 259 g/mol. The summed E-state index contributed by atoms with van der Waals surface area (Å²) in [5.74, 6) is 0.996. The molecule has 19 heavy (non-hydrogen) atoms. The summed E-state index contributed by atoms with van der Waals surface area (Å²) in [5.41, 5.74) is 0.994. The fraction of sp³-hybridized carbons (Fsp3) is 0.643. The first-order chi connectivity index (χ1) is 9.24. The summed E-state index contributed by atoms with van der Waals surface area (Å²) in [6.07, 6.45) is 3.64. The normalized spacial score (nSPS) is 18.1. The van der Waals surface area contributed by atoms with Gasteiger partial charge in [0, 0.05) is 37.9 Å². The van der Waals surface area contributed by atoms with Gasteiger partial charge in [-0.15, -0.1) is 0 Å². The quantitative estimate of drug-likeness (QED) is 0.822. The number of nitriles is 1. The monoisotopic (exact) mass is 259 g/mol. The smallest absolute Gasteiger partial charge is 0.132 e. The molecule has 5 heteroatoms. The van der Waals surface area contributed by atoms with Crippen LogP contribution in [0.25, 0.3) is 0 Å². The largest absolute Gasteiger partial charge is 0.354 e. The molecule has 0 aliphatic carbocycles. The van der Waals surface area contributed by atoms with Crippen LogP contribution in [0.15, 0.2) is 12.4 Å². The number of aryl methyl sites for hydroxylation is 1. The maximum atomic E-state index is 9.20. The molecule has 0 N–H and O–H groups in total. The van der Waals surface area contributed by atoms with Crippen LogP contribution in [-0.4, -0.2) is 47.1 Å². The molecule has 1 saturated heterocycles. The molecule has 2 rings (SSSR count). The van der Waals surface area contributed by atoms with Crippen molar-refractivity contribution in [3.05, 3.63) is 18.1 Å². The molecule has 102 valence electrons. The Bertz CT molecular complexity index is 445. The molecule has 0 bridgehead atoms. The number of hydrogen-bond acceptors (Lipinski definition) is 5. The number of rotatable bonds is 4. The van der Waals surface area contributed by atoms with Crippen molar-refractivity contribution in [2.75, 3.05) is 31.1 Å². The van der Waals surface area contributed by atoms with Crippen LogP contribution in [0.1, 0.15) is 25.5 Å². The first-order valence-corrected chi connectivity index (χ1v) is 6.92. The molecule has 1 aliphatic rings. The molecule has 0 radical (unpaired) electrons. The van der Waals surface area contributed by atoms with E-state index < -0.39 is 0 Å². The molecule has 5 nitrogen and oxygen atoms in total. The van der Waals surface area contributed by atoms with Gasteiger partial charge < -0.3 is 4.90 Å². The Morgan fingerprint density at radius 1 is 1.32 bits per heavy atom. The Morgan fingerprint density at radius 2 is 2.05 bits per heavy atom. The Balaban J connectivity index is 1.94. The summed E-state index contributed by atoms with van der Waals surface area (Å²) in [7, 11) is 0. The minimum atomic E-state index is 0.0688. The first kappa shape index (κ1) is 13.8. The van der Waals surface area contributed by atoms with Gasteiger partial charge in [0.15, 0.2) is 0 Å². The Hall–Kier alpha value is -1.67. The van der Waals surface area contributed by atoms with Gasteiger partial charge in [-0.25, -0.2) is 9.97 Å². The van der Waals surface area contributed by atoms with Gasteiger partial charge in [-0.3, -0.25) is 4.90 Å². The summed E-state index contributed by atoms with van der Waals surface area (Å²) in [6.45, 7) is 7.83. The van der Waals surface area contributed by atoms with Gasteiger partial charge in [-0.1, -0.05) is 13.3 Å². The lowest BCUT2D eigenvalue weighted by atomic mass is 10.1. The predicted molar refractivity (Wildman–Crippen MR) is 74.9 cm³/mol. The molecule has 1 aromatic heterocycles. The van der Waals surface area contributed by atoms with Gasteiger partial charge in [0.05, 0.1) is 12.1 Å². The standard InChI is InChI=1S/C14H21N5/c1-3-4-13(10-15)18-5-7-19(8-6-18)14-9-12(2)16-11-17-14/h9,11,13H,3-8H2,1-2H3. The minimum absolute atomic E-state index is 0.0688. The van der Waals surface area contributed by atoms with Gasteiger partial charge in [0.25, 0.3) is 0 Å². The van der Waals surface area contributed by atoms with Crippen LogP contribution >= 0.6 is 0 Å². The summed E-state index contributed by atoms with van der Waals surface area (Å²) >= 11 is 0. The summed E-state index contributed by atoms with van der Waals surface area (Å²) in [4.78, 5) is 13.0. The van der Waals surface area contributed by atoms with Gasteiger partial charge in [-0.2, -0.15) is 5.26 Å². The number of anilines is 1. The van der Waals surface area contributed by atoms with E-state index >= 15 is 0 Å². The van der Waals surface area contributed by atoms with Crippen LogP contribution in [0.5, 0.6) is 0 Å². The van der Waals surface area contributed by atoms with Crippen molar-refractivity contribution in [1.29, 1.82) is 5.26 Å². The molecule has 1 atom stereocenters. The molecule has 0 spiro atoms. The lowest BCUT2D eigenvalue weighted by Crippen LogP contribution is -2.50. The summed E-state index contributed by atoms with van der Waals surface area (Å²) in [5, 5.41) is 9.20. The number of aromatic nitrogens is 2. The topological polar surface area (TPSA) is 56.1 Å². The maximum absolute atomic E-state index is 9.20. The number of hydrogen-bond donors (Lipinski definition) is 0. The summed E-state index contributed by atoms with van der Waals surface area (Å²) in [6, 6.07) is 4.50. The van der Waals surface area contributed by atoms with Crippen LogP contribution in [-0.2, 0) is 0 Å². The van der Waals surface area contributed by atoms with Crippen LogP contribution in [0.2, 0.25) is 0 Å². The van der Waals surface area contributed by atoms with Crippen molar-refractivity contribution >= 4 is 5.82 Å². The second-order valence-electron chi connectivity index (χ2n) is 4.97. The van der Waals surface area contributed by atoms with E-state index in [0.29, 0.717) is 0 Å². The van der Waals surface area contributed by atoms with Crippen molar-refractivity contribution in [3.63, 3.8) is 0 Å². The Morgan fingerprint density at radius 3 is 2.63 bits per heavy atom. The zero-order valence-corrected chi connectivity index (χ0v) is 11.7. The van der Waals surface area contributed by atoms with Crippen molar-refractivity contribution < 1.29 is 0 Å². The van der Waals surface area contributed by atoms with Crippen molar-refractivity contribution in [2.45, 2.75) is 32.7 Å². The second-order valence-corrected chi connectivity index (χ2v) is 4.97. The molecule has 2 heterocycles. The zero-order valence-electron chi connectivity index (χ0n) is 11.7. The van der Waals surface area contributed by atoms with Gasteiger partial charge in [-0.05, 0) is 13.3 Å². The highest BCUT2D eigenvalue weighted by molar-refractivity contribution is 5.39. The Kier molecular flexibility index (Phi) is 4.69. The van der Waals surface area contributed by atoms with Gasteiger partial charge in [0.2, 0.25) is 0 Å². The van der Waals surface area contributed by atoms with Crippen LogP contribution in [0.4, 0.5) is 5.82 Å². The van der Waals surface area contributed by atoms with E-state index in [2.05, 4.69) is 32.8 Å². The highest BCUT2D eigenvalue weighted by atomic mass is 15.3. The van der Waals surface area contributed by atoms with Gasteiger partial charge in [0.1, 0.15) is 12.1 Å². The fourth-order valence-electron chi connectivity index (χ4n) is 2.48. The lowest BCUT2D eigenvalue weighted by Gasteiger charge is -2.37. The fourth-order valence-corrected chi connectivity index (χ4v) is 2.48. The van der Waals surface area contributed by atoms with E-state index in [1.54, 1.807) is 6.33 Å². The molecular weight excluding hydrogens is 238 g/mol. The third-order valence-corrected chi connectivity index (χ3v) is 3.58. The van der Waals surface area contributed by atoms with E-state index in [4.69, 9.17) is 0 Å². The first-order valence-electron chi connectivity index (χ1n) is 6.92. The number of piperazine rings is 1. The lowest BCUT2D eigenvalue weighted by molar-refractivity contribution is 0.211. The van der Waals surface area contributed by atoms with E-state index in [1.807, 2.05) is 13.0 Å². The van der Waals surface area contributed by atoms with E-state index in [0.717, 1.165) is 50.5 Å². The van der Waals surface area contributed by atoms with E-state index in [-0.39, 0.29) is 6.04 Å². The van der Waals surface area contributed by atoms with Crippen LogP contribution in [0, 0.1) is 18.3 Å². The molecule has 1 aliphatic heterocycles. The summed E-state index contributed by atoms with van der Waals surface area (Å²) < 4.78 is 0. The molecule has 0 amide bonds. The third kappa shape index (κ3) is 3.42. The molecule has 1 fully saturated rings. The zero-order chi connectivity index (χ0) is 13.7. The highest BCUT2D eigenvalue weighted by Crippen LogP contribution is 2.16. The Labute approximate surface area is 114 Å². The van der Waals surface area contributed by atoms with Gasteiger partial charge >= 0.3 is 0 Å². The maximum Gasteiger partial charge on any atom is 0.132 e. The van der Waals surface area contributed by atoms with Crippen LogP contribution in [0.3, 0.4) is 0 Å². The van der Waals surface area contributed by atoms with Crippen molar-refractivity contribution in [3.8, 4) is 6.07 Å². The molecule has 0 saturated carbocycles.